The summed E-state index contributed by atoms with van der Waals surface area (Å²) < 4.78 is 42.6. The molecule has 0 unspecified atom stereocenters. The van der Waals surface area contributed by atoms with Crippen LogP contribution >= 0.6 is 0 Å². The Morgan fingerprint density at radius 2 is 2.00 bits per heavy atom. The maximum absolute atomic E-state index is 12.4. The van der Waals surface area contributed by atoms with Crippen LogP contribution in [0.15, 0.2) is 18.2 Å². The summed E-state index contributed by atoms with van der Waals surface area (Å²) in [6, 6.07) is 3.48. The molecule has 1 aliphatic heterocycles. The lowest BCUT2D eigenvalue weighted by molar-refractivity contribution is -0.137. The Bertz CT molecular complexity index is 412. The molecule has 0 aromatic heterocycles. The summed E-state index contributed by atoms with van der Waals surface area (Å²) in [6.07, 6.45) is -4.33. The molecule has 1 aliphatic rings. The molecule has 2 nitrogen and oxygen atoms in total. The topological polar surface area (TPSA) is 21.3 Å². The molecule has 1 aromatic carbocycles. The Morgan fingerprint density at radius 3 is 2.62 bits per heavy atom. The van der Waals surface area contributed by atoms with Crippen molar-refractivity contribution in [1.29, 1.82) is 0 Å². The van der Waals surface area contributed by atoms with E-state index in [4.69, 9.17) is 4.74 Å². The number of hydrogen-bond donors (Lipinski definition) is 1. The molecule has 0 bridgehead atoms. The summed E-state index contributed by atoms with van der Waals surface area (Å²) in [5.41, 5.74) is -0.343. The van der Waals surface area contributed by atoms with Crippen LogP contribution in [0.1, 0.15) is 19.4 Å². The van der Waals surface area contributed by atoms with E-state index in [-0.39, 0.29) is 11.3 Å². The van der Waals surface area contributed by atoms with Gasteiger partial charge in [-0.2, -0.15) is 13.2 Å². The van der Waals surface area contributed by atoms with Crippen molar-refractivity contribution in [2.75, 3.05) is 11.9 Å². The number of anilines is 1. The largest absolute Gasteiger partial charge is 0.489 e. The fourth-order valence-corrected chi connectivity index (χ4v) is 1.58. The molecule has 16 heavy (non-hydrogen) atoms. The zero-order chi connectivity index (χ0) is 12.0. The minimum absolute atomic E-state index is 0.257. The molecule has 1 N–H and O–H groups in total. The van der Waals surface area contributed by atoms with Crippen LogP contribution in [0.2, 0.25) is 0 Å². The van der Waals surface area contributed by atoms with Gasteiger partial charge < -0.3 is 10.1 Å². The predicted octanol–water partition coefficient (Wildman–Crippen LogP) is 3.29. The summed E-state index contributed by atoms with van der Waals surface area (Å²) in [5.74, 6) is 0.258. The van der Waals surface area contributed by atoms with Crippen LogP contribution in [0.4, 0.5) is 18.9 Å². The second-order valence-corrected chi connectivity index (χ2v) is 4.51. The molecule has 0 saturated heterocycles. The molecule has 0 aliphatic carbocycles. The summed E-state index contributed by atoms with van der Waals surface area (Å²) in [4.78, 5) is 0. The molecule has 0 amide bonds. The van der Waals surface area contributed by atoms with Crippen molar-refractivity contribution >= 4 is 5.69 Å². The van der Waals surface area contributed by atoms with Crippen molar-refractivity contribution in [3.05, 3.63) is 23.8 Å². The molecule has 2 rings (SSSR count). The number of rotatable bonds is 0. The Morgan fingerprint density at radius 1 is 1.31 bits per heavy atom. The normalized spacial score (nSPS) is 18.3. The zero-order valence-electron chi connectivity index (χ0n) is 8.98. The summed E-state index contributed by atoms with van der Waals surface area (Å²) in [6.45, 7) is 4.20. The molecule has 0 atom stereocenters. The van der Waals surface area contributed by atoms with Gasteiger partial charge in [-0.3, -0.25) is 0 Å². The number of nitrogens with one attached hydrogen (secondary N) is 1. The summed E-state index contributed by atoms with van der Waals surface area (Å²) in [5, 5.41) is 3.12. The highest BCUT2D eigenvalue weighted by Gasteiger charge is 2.33. The third kappa shape index (κ3) is 2.08. The number of fused-ring (bicyclic) bond motifs is 1. The smallest absolute Gasteiger partial charge is 0.416 e. The maximum Gasteiger partial charge on any atom is 0.416 e. The summed E-state index contributed by atoms with van der Waals surface area (Å²) >= 11 is 0. The Kier molecular flexibility index (Phi) is 2.29. The average Bonchev–Trinajstić information content (AvgIpc) is 2.14. The first-order chi connectivity index (χ1) is 7.28. The van der Waals surface area contributed by atoms with E-state index in [2.05, 4.69) is 5.32 Å². The number of benzene rings is 1. The highest BCUT2D eigenvalue weighted by Crippen LogP contribution is 2.38. The molecule has 0 spiro atoms. The third-order valence-electron chi connectivity index (χ3n) is 2.37. The van der Waals surface area contributed by atoms with Crippen molar-refractivity contribution < 1.29 is 17.9 Å². The highest BCUT2D eigenvalue weighted by molar-refractivity contribution is 5.60. The monoisotopic (exact) mass is 231 g/mol. The lowest BCUT2D eigenvalue weighted by Crippen LogP contribution is -2.40. The van der Waals surface area contributed by atoms with E-state index in [1.807, 2.05) is 13.8 Å². The number of halogens is 3. The van der Waals surface area contributed by atoms with E-state index in [1.54, 1.807) is 0 Å². The van der Waals surface area contributed by atoms with Gasteiger partial charge in [0.05, 0.1) is 16.8 Å². The molecule has 0 radical (unpaired) electrons. The Balaban J connectivity index is 2.36. The van der Waals surface area contributed by atoms with Crippen LogP contribution in [-0.2, 0) is 6.18 Å². The number of hydrogen-bond acceptors (Lipinski definition) is 2. The van der Waals surface area contributed by atoms with Crippen LogP contribution in [0.25, 0.3) is 0 Å². The SMILES string of the molecule is CC1(C)COc2cc(C(F)(F)F)ccc2N1. The third-order valence-corrected chi connectivity index (χ3v) is 2.37. The lowest BCUT2D eigenvalue weighted by Gasteiger charge is -2.33. The number of alkyl halides is 3. The van der Waals surface area contributed by atoms with Gasteiger partial charge in [0.15, 0.2) is 0 Å². The first-order valence-electron chi connectivity index (χ1n) is 4.90. The van der Waals surface area contributed by atoms with Crippen molar-refractivity contribution in [3.63, 3.8) is 0 Å². The second kappa shape index (κ2) is 3.30. The van der Waals surface area contributed by atoms with Gasteiger partial charge in [0, 0.05) is 0 Å². The zero-order valence-corrected chi connectivity index (χ0v) is 8.98. The Labute approximate surface area is 91.4 Å². The van der Waals surface area contributed by atoms with Crippen LogP contribution in [0, 0.1) is 0 Å². The van der Waals surface area contributed by atoms with Crippen LogP contribution in [-0.4, -0.2) is 12.1 Å². The first kappa shape index (κ1) is 11.1. The standard InChI is InChI=1S/C11H12F3NO/c1-10(2)6-16-9-5-7(11(12,13)14)3-4-8(9)15-10/h3-5,15H,6H2,1-2H3. The predicted molar refractivity (Wildman–Crippen MR) is 54.6 cm³/mol. The van der Waals surface area contributed by atoms with Gasteiger partial charge in [-0.05, 0) is 32.0 Å². The van der Waals surface area contributed by atoms with Crippen molar-refractivity contribution in [1.82, 2.24) is 0 Å². The molecule has 88 valence electrons. The van der Waals surface area contributed by atoms with E-state index in [9.17, 15) is 13.2 Å². The molecular weight excluding hydrogens is 219 g/mol. The average molecular weight is 231 g/mol. The molecule has 0 saturated carbocycles. The second-order valence-electron chi connectivity index (χ2n) is 4.51. The van der Waals surface area contributed by atoms with E-state index in [0.717, 1.165) is 12.1 Å². The van der Waals surface area contributed by atoms with Crippen LogP contribution in [0.3, 0.4) is 0 Å². The maximum atomic E-state index is 12.4. The molecule has 0 fully saturated rings. The van der Waals surface area contributed by atoms with Gasteiger partial charge in [-0.15, -0.1) is 0 Å². The van der Waals surface area contributed by atoms with Crippen LogP contribution in [0.5, 0.6) is 5.75 Å². The molecule has 1 aromatic rings. The minimum atomic E-state index is -4.33. The van der Waals surface area contributed by atoms with E-state index >= 15 is 0 Å². The Hall–Kier alpha value is -1.39. The van der Waals surface area contributed by atoms with Gasteiger partial charge in [-0.25, -0.2) is 0 Å². The summed E-state index contributed by atoms with van der Waals surface area (Å²) in [7, 11) is 0. The quantitative estimate of drug-likeness (QED) is 0.739. The highest BCUT2D eigenvalue weighted by atomic mass is 19.4. The lowest BCUT2D eigenvalue weighted by atomic mass is 10.0. The van der Waals surface area contributed by atoms with Crippen LogP contribution < -0.4 is 10.1 Å². The molecular formula is C11H12F3NO. The van der Waals surface area contributed by atoms with Crippen molar-refractivity contribution in [2.45, 2.75) is 25.6 Å². The first-order valence-corrected chi connectivity index (χ1v) is 4.90. The van der Waals surface area contributed by atoms with Crippen molar-refractivity contribution in [2.24, 2.45) is 0 Å². The fourth-order valence-electron chi connectivity index (χ4n) is 1.58. The molecule has 5 heteroatoms. The van der Waals surface area contributed by atoms with Gasteiger partial charge in [0.1, 0.15) is 12.4 Å². The fraction of sp³-hybridized carbons (Fsp3) is 0.455. The van der Waals surface area contributed by atoms with Gasteiger partial charge in [-0.1, -0.05) is 0 Å². The minimum Gasteiger partial charge on any atom is -0.489 e. The van der Waals surface area contributed by atoms with Gasteiger partial charge in [0.2, 0.25) is 0 Å². The van der Waals surface area contributed by atoms with E-state index in [0.29, 0.717) is 12.3 Å². The van der Waals surface area contributed by atoms with Crippen molar-refractivity contribution in [3.8, 4) is 5.75 Å². The van der Waals surface area contributed by atoms with E-state index in [1.165, 1.54) is 6.07 Å². The number of ether oxygens (including phenoxy) is 1. The molecule has 1 heterocycles. The van der Waals surface area contributed by atoms with E-state index < -0.39 is 11.7 Å². The van der Waals surface area contributed by atoms with Gasteiger partial charge in [0.25, 0.3) is 0 Å². The van der Waals surface area contributed by atoms with Gasteiger partial charge >= 0.3 is 6.18 Å².